The van der Waals surface area contributed by atoms with Gasteiger partial charge in [-0.15, -0.1) is 0 Å². The minimum atomic E-state index is -5.61. The summed E-state index contributed by atoms with van der Waals surface area (Å²) in [7, 11) is -5.61. The standard InChI is InChI=1S/C7H4F4O3S/c1-2-3(8)5(10)7(15(12,13)14)6(11)4(2)9/h1H3,(H,12,13,14)/p-1. The third kappa shape index (κ3) is 1.82. The van der Waals surface area contributed by atoms with E-state index in [-0.39, 0.29) is 0 Å². The van der Waals surface area contributed by atoms with E-state index in [0.29, 0.717) is 6.92 Å². The summed E-state index contributed by atoms with van der Waals surface area (Å²) < 4.78 is 82.2. The van der Waals surface area contributed by atoms with Gasteiger partial charge in [-0.2, -0.15) is 0 Å². The molecule has 0 spiro atoms. The van der Waals surface area contributed by atoms with Crippen molar-refractivity contribution in [3.8, 4) is 0 Å². The average molecular weight is 243 g/mol. The molecule has 1 aromatic carbocycles. The van der Waals surface area contributed by atoms with E-state index in [1.54, 1.807) is 0 Å². The van der Waals surface area contributed by atoms with Crippen LogP contribution in [0.2, 0.25) is 0 Å². The van der Waals surface area contributed by atoms with Gasteiger partial charge in [0.15, 0.2) is 23.3 Å². The number of hydrogen-bond donors (Lipinski definition) is 0. The zero-order valence-corrected chi connectivity index (χ0v) is 7.96. The van der Waals surface area contributed by atoms with Gasteiger partial charge in [0.05, 0.1) is 0 Å². The maximum absolute atomic E-state index is 12.8. The van der Waals surface area contributed by atoms with Gasteiger partial charge in [0.2, 0.25) is 0 Å². The largest absolute Gasteiger partial charge is 0.744 e. The summed E-state index contributed by atoms with van der Waals surface area (Å²) in [5.41, 5.74) is -1.03. The van der Waals surface area contributed by atoms with Crippen LogP contribution in [0.1, 0.15) is 5.56 Å². The van der Waals surface area contributed by atoms with E-state index in [9.17, 15) is 30.5 Å². The van der Waals surface area contributed by atoms with Gasteiger partial charge in [0.25, 0.3) is 0 Å². The summed E-state index contributed by atoms with van der Waals surface area (Å²) in [6.07, 6.45) is 0. The van der Waals surface area contributed by atoms with Crippen molar-refractivity contribution >= 4 is 10.1 Å². The molecule has 3 nitrogen and oxygen atoms in total. The Morgan fingerprint density at radius 1 is 0.933 bits per heavy atom. The van der Waals surface area contributed by atoms with Crippen LogP contribution in [-0.4, -0.2) is 13.0 Å². The lowest BCUT2D eigenvalue weighted by Crippen LogP contribution is -2.11. The third-order valence-electron chi connectivity index (χ3n) is 1.69. The Hall–Kier alpha value is -1.15. The molecule has 0 N–H and O–H groups in total. The molecular weight excluding hydrogens is 240 g/mol. The van der Waals surface area contributed by atoms with Crippen molar-refractivity contribution in [2.24, 2.45) is 0 Å². The molecule has 0 saturated heterocycles. The lowest BCUT2D eigenvalue weighted by molar-refractivity contribution is 0.393. The van der Waals surface area contributed by atoms with Crippen molar-refractivity contribution in [1.29, 1.82) is 0 Å². The van der Waals surface area contributed by atoms with Crippen molar-refractivity contribution in [2.75, 3.05) is 0 Å². The van der Waals surface area contributed by atoms with Gasteiger partial charge in [-0.3, -0.25) is 0 Å². The molecule has 0 atom stereocenters. The second-order valence-electron chi connectivity index (χ2n) is 2.66. The lowest BCUT2D eigenvalue weighted by atomic mass is 10.2. The monoisotopic (exact) mass is 243 g/mol. The van der Waals surface area contributed by atoms with Gasteiger partial charge in [0.1, 0.15) is 15.0 Å². The van der Waals surface area contributed by atoms with Crippen molar-refractivity contribution in [2.45, 2.75) is 11.8 Å². The molecule has 0 heterocycles. The van der Waals surface area contributed by atoms with Gasteiger partial charge in [-0.05, 0) is 6.92 Å². The van der Waals surface area contributed by atoms with E-state index in [1.807, 2.05) is 0 Å². The van der Waals surface area contributed by atoms with E-state index < -0.39 is 43.8 Å². The van der Waals surface area contributed by atoms with E-state index >= 15 is 0 Å². The van der Waals surface area contributed by atoms with Crippen molar-refractivity contribution in [1.82, 2.24) is 0 Å². The first kappa shape index (κ1) is 11.9. The molecule has 0 fully saturated rings. The summed E-state index contributed by atoms with van der Waals surface area (Å²) >= 11 is 0. The third-order valence-corrected chi connectivity index (χ3v) is 2.55. The van der Waals surface area contributed by atoms with Gasteiger partial charge in [-0.1, -0.05) is 0 Å². The fourth-order valence-corrected chi connectivity index (χ4v) is 1.56. The fourth-order valence-electron chi connectivity index (χ4n) is 0.941. The Morgan fingerprint density at radius 2 is 1.27 bits per heavy atom. The minimum Gasteiger partial charge on any atom is -0.744 e. The first-order valence-electron chi connectivity index (χ1n) is 3.46. The summed E-state index contributed by atoms with van der Waals surface area (Å²) in [5.74, 6) is -8.21. The predicted octanol–water partition coefficient (Wildman–Crippen LogP) is 1.46. The smallest absolute Gasteiger partial charge is 0.179 e. The molecule has 1 rings (SSSR count). The minimum absolute atomic E-state index is 0.706. The van der Waals surface area contributed by atoms with E-state index in [0.717, 1.165) is 0 Å². The first-order valence-corrected chi connectivity index (χ1v) is 4.87. The highest BCUT2D eigenvalue weighted by Crippen LogP contribution is 2.26. The van der Waals surface area contributed by atoms with E-state index in [4.69, 9.17) is 0 Å². The van der Waals surface area contributed by atoms with Crippen LogP contribution < -0.4 is 0 Å². The number of benzene rings is 1. The zero-order valence-electron chi connectivity index (χ0n) is 7.14. The molecule has 0 unspecified atom stereocenters. The van der Waals surface area contributed by atoms with Crippen LogP contribution in [0.4, 0.5) is 17.6 Å². The zero-order chi connectivity index (χ0) is 12.0. The quantitative estimate of drug-likeness (QED) is 0.426. The number of rotatable bonds is 1. The molecule has 0 aliphatic carbocycles. The molecule has 0 aliphatic rings. The molecule has 15 heavy (non-hydrogen) atoms. The number of halogens is 4. The molecule has 84 valence electrons. The fraction of sp³-hybridized carbons (Fsp3) is 0.143. The number of hydrogen-bond acceptors (Lipinski definition) is 3. The predicted molar refractivity (Wildman–Crippen MR) is 39.0 cm³/mol. The molecule has 0 saturated carbocycles. The van der Waals surface area contributed by atoms with Crippen molar-refractivity contribution in [3.63, 3.8) is 0 Å². The van der Waals surface area contributed by atoms with Crippen LogP contribution in [-0.2, 0) is 10.1 Å². The molecule has 0 aromatic heterocycles. The van der Waals surface area contributed by atoms with Crippen LogP contribution in [0, 0.1) is 30.2 Å². The normalized spacial score (nSPS) is 11.9. The van der Waals surface area contributed by atoms with Crippen LogP contribution in [0.3, 0.4) is 0 Å². The van der Waals surface area contributed by atoms with Crippen LogP contribution in [0.15, 0.2) is 4.90 Å². The van der Waals surface area contributed by atoms with E-state index in [2.05, 4.69) is 0 Å². The second kappa shape index (κ2) is 3.46. The Kier molecular flexibility index (Phi) is 2.75. The first-order chi connectivity index (χ1) is 6.68. The summed E-state index contributed by atoms with van der Waals surface area (Å²) in [5, 5.41) is 0. The van der Waals surface area contributed by atoms with Crippen molar-refractivity contribution in [3.05, 3.63) is 28.8 Å². The van der Waals surface area contributed by atoms with Gasteiger partial charge in [0, 0.05) is 5.56 Å². The Morgan fingerprint density at radius 3 is 1.53 bits per heavy atom. The van der Waals surface area contributed by atoms with Crippen molar-refractivity contribution < 1.29 is 30.5 Å². The van der Waals surface area contributed by atoms with Gasteiger partial charge in [-0.25, -0.2) is 26.0 Å². The maximum atomic E-state index is 12.8. The van der Waals surface area contributed by atoms with E-state index in [1.165, 1.54) is 0 Å². The molecular formula is C7H3F4O3S-. The SMILES string of the molecule is Cc1c(F)c(F)c(S(=O)(=O)[O-])c(F)c1F. The lowest BCUT2D eigenvalue weighted by Gasteiger charge is -2.12. The second-order valence-corrected chi connectivity index (χ2v) is 3.98. The van der Waals surface area contributed by atoms with Gasteiger partial charge < -0.3 is 4.55 Å². The highest BCUT2D eigenvalue weighted by atomic mass is 32.2. The highest BCUT2D eigenvalue weighted by Gasteiger charge is 2.26. The molecule has 0 amide bonds. The Bertz CT molecular complexity index is 495. The highest BCUT2D eigenvalue weighted by molar-refractivity contribution is 7.85. The summed E-state index contributed by atoms with van der Waals surface area (Å²) in [6.45, 7) is 0.706. The maximum Gasteiger partial charge on any atom is 0.179 e. The molecule has 0 aliphatic heterocycles. The van der Waals surface area contributed by atoms with Gasteiger partial charge >= 0.3 is 0 Å². The Labute approximate surface area is 82.1 Å². The molecule has 1 aromatic rings. The summed E-state index contributed by atoms with van der Waals surface area (Å²) in [6, 6.07) is 0. The van der Waals surface area contributed by atoms with Crippen LogP contribution >= 0.6 is 0 Å². The average Bonchev–Trinajstić information content (AvgIpc) is 2.09. The van der Waals surface area contributed by atoms with Crippen LogP contribution in [0.5, 0.6) is 0 Å². The van der Waals surface area contributed by atoms with Crippen LogP contribution in [0.25, 0.3) is 0 Å². The molecule has 0 bridgehead atoms. The molecule has 0 radical (unpaired) electrons. The topological polar surface area (TPSA) is 57.2 Å². The summed E-state index contributed by atoms with van der Waals surface area (Å²) in [4.78, 5) is -2.14. The Balaban J connectivity index is 3.84. The molecule has 8 heteroatoms.